The van der Waals surface area contributed by atoms with E-state index in [0.29, 0.717) is 0 Å². The normalized spacial score (nSPS) is 35.4. The molecule has 2 aromatic rings. The lowest BCUT2D eigenvalue weighted by Crippen LogP contribution is -2.60. The van der Waals surface area contributed by atoms with Crippen molar-refractivity contribution in [2.45, 2.75) is 8.65 Å². The zero-order chi connectivity index (χ0) is 16.7. The molecular formula is C20H12Br2O2. The van der Waals surface area contributed by atoms with Crippen molar-refractivity contribution in [3.8, 4) is 0 Å². The van der Waals surface area contributed by atoms with Crippen LogP contribution < -0.4 is 0 Å². The lowest BCUT2D eigenvalue weighted by atomic mass is 9.51. The van der Waals surface area contributed by atoms with Crippen molar-refractivity contribution in [2.24, 2.45) is 11.8 Å². The summed E-state index contributed by atoms with van der Waals surface area (Å²) in [6, 6.07) is 16.2. The Hall–Kier alpha value is -1.52. The summed E-state index contributed by atoms with van der Waals surface area (Å²) in [7, 11) is 0. The van der Waals surface area contributed by atoms with Gasteiger partial charge in [0.1, 0.15) is 0 Å². The number of hydrogen-bond acceptors (Lipinski definition) is 2. The highest BCUT2D eigenvalue weighted by atomic mass is 79.9. The van der Waals surface area contributed by atoms with Gasteiger partial charge < -0.3 is 0 Å². The van der Waals surface area contributed by atoms with E-state index in [1.54, 1.807) is 0 Å². The average Bonchev–Trinajstić information content (AvgIpc) is 2.61. The van der Waals surface area contributed by atoms with Crippen molar-refractivity contribution < 1.29 is 9.59 Å². The Morgan fingerprint density at radius 1 is 0.625 bits per heavy atom. The first-order valence-electron chi connectivity index (χ1n) is 7.84. The van der Waals surface area contributed by atoms with Crippen LogP contribution in [-0.4, -0.2) is 11.6 Å². The number of carbonyl (C=O) groups excluding carboxylic acids is 2. The summed E-state index contributed by atoms with van der Waals surface area (Å²) in [5.74, 6) is -0.882. The second-order valence-electron chi connectivity index (χ2n) is 6.61. The Labute approximate surface area is 156 Å². The van der Waals surface area contributed by atoms with Crippen LogP contribution in [0.5, 0.6) is 0 Å². The first kappa shape index (κ1) is 14.8. The van der Waals surface area contributed by atoms with E-state index in [0.717, 1.165) is 22.3 Å². The van der Waals surface area contributed by atoms with Gasteiger partial charge in [-0.1, -0.05) is 80.4 Å². The van der Waals surface area contributed by atoms with Gasteiger partial charge in [0.2, 0.25) is 0 Å². The predicted octanol–water partition coefficient (Wildman–Crippen LogP) is 4.23. The van der Waals surface area contributed by atoms with Crippen LogP contribution in [0.4, 0.5) is 0 Å². The molecule has 2 atom stereocenters. The van der Waals surface area contributed by atoms with E-state index >= 15 is 0 Å². The van der Waals surface area contributed by atoms with Crippen LogP contribution >= 0.6 is 31.9 Å². The first-order chi connectivity index (χ1) is 11.5. The fraction of sp³-hybridized carbons (Fsp3) is 0.200. The molecule has 2 bridgehead atoms. The molecule has 0 aromatic heterocycles. The SMILES string of the molecule is O=C1C=CC(=O)C2C1C1(Br)c3ccccc3C2(Br)c2ccccc21. The van der Waals surface area contributed by atoms with E-state index < -0.39 is 20.5 Å². The van der Waals surface area contributed by atoms with Crippen molar-refractivity contribution in [1.82, 2.24) is 0 Å². The Morgan fingerprint density at radius 3 is 1.21 bits per heavy atom. The highest BCUT2D eigenvalue weighted by molar-refractivity contribution is 9.10. The molecule has 0 fully saturated rings. The number of carbonyl (C=O) groups is 2. The van der Waals surface area contributed by atoms with Crippen LogP contribution in [0, 0.1) is 11.8 Å². The van der Waals surface area contributed by atoms with E-state index in [9.17, 15) is 9.59 Å². The maximum atomic E-state index is 12.8. The van der Waals surface area contributed by atoms with E-state index in [2.05, 4.69) is 56.1 Å². The second-order valence-corrected chi connectivity index (χ2v) is 9.11. The van der Waals surface area contributed by atoms with Crippen molar-refractivity contribution >= 4 is 43.4 Å². The maximum Gasteiger partial charge on any atom is 0.161 e. The van der Waals surface area contributed by atoms with Gasteiger partial charge in [0.25, 0.3) is 0 Å². The number of halogens is 2. The minimum atomic E-state index is -0.669. The van der Waals surface area contributed by atoms with Crippen molar-refractivity contribution in [3.63, 3.8) is 0 Å². The fourth-order valence-electron chi connectivity index (χ4n) is 4.75. The summed E-state index contributed by atoms with van der Waals surface area (Å²) in [5.41, 5.74) is 4.27. The predicted molar refractivity (Wildman–Crippen MR) is 98.4 cm³/mol. The second kappa shape index (κ2) is 4.55. The summed E-state index contributed by atoms with van der Waals surface area (Å²) in [5, 5.41) is 0. The zero-order valence-corrected chi connectivity index (χ0v) is 15.7. The molecule has 118 valence electrons. The molecule has 4 aliphatic carbocycles. The number of alkyl halides is 2. The minimum Gasteiger partial charge on any atom is -0.294 e. The largest absolute Gasteiger partial charge is 0.294 e. The fourth-order valence-corrected chi connectivity index (χ4v) is 7.11. The molecule has 0 radical (unpaired) electrons. The summed E-state index contributed by atoms with van der Waals surface area (Å²) in [6.45, 7) is 0. The molecule has 0 heterocycles. The monoisotopic (exact) mass is 442 g/mol. The highest BCUT2D eigenvalue weighted by Crippen LogP contribution is 2.69. The van der Waals surface area contributed by atoms with Gasteiger partial charge in [0.05, 0.1) is 20.5 Å². The molecule has 0 aliphatic heterocycles. The van der Waals surface area contributed by atoms with Gasteiger partial charge in [-0.25, -0.2) is 0 Å². The molecular weight excluding hydrogens is 432 g/mol. The molecule has 6 rings (SSSR count). The Kier molecular flexibility index (Phi) is 2.81. The van der Waals surface area contributed by atoms with Gasteiger partial charge in [-0.05, 0) is 34.4 Å². The topological polar surface area (TPSA) is 34.1 Å². The van der Waals surface area contributed by atoms with Crippen molar-refractivity contribution in [1.29, 1.82) is 0 Å². The standard InChI is InChI=1S/C20H12Br2O2/c21-19-11-5-1-2-6-12(11)20(22,14-8-4-3-7-13(14)19)18-16(24)10-9-15(23)17(18)19/h1-10,17-18H. The Balaban J connectivity index is 1.99. The quantitative estimate of drug-likeness (QED) is 0.571. The summed E-state index contributed by atoms with van der Waals surface area (Å²) in [6.07, 6.45) is 2.88. The highest BCUT2D eigenvalue weighted by Gasteiger charge is 2.67. The van der Waals surface area contributed by atoms with Crippen LogP contribution in [0.1, 0.15) is 22.3 Å². The zero-order valence-electron chi connectivity index (χ0n) is 12.5. The smallest absolute Gasteiger partial charge is 0.161 e. The van der Waals surface area contributed by atoms with E-state index in [1.807, 2.05) is 24.3 Å². The van der Waals surface area contributed by atoms with Crippen LogP contribution in [-0.2, 0) is 18.2 Å². The molecule has 0 spiro atoms. The van der Waals surface area contributed by atoms with Gasteiger partial charge in [0, 0.05) is 0 Å². The van der Waals surface area contributed by atoms with Crippen LogP contribution in [0.25, 0.3) is 0 Å². The van der Waals surface area contributed by atoms with E-state index in [1.165, 1.54) is 12.2 Å². The molecule has 4 heteroatoms. The van der Waals surface area contributed by atoms with Crippen molar-refractivity contribution in [2.75, 3.05) is 0 Å². The third-order valence-corrected chi connectivity index (χ3v) is 8.33. The van der Waals surface area contributed by atoms with Crippen LogP contribution in [0.3, 0.4) is 0 Å². The number of rotatable bonds is 0. The molecule has 2 aromatic carbocycles. The lowest BCUT2D eigenvalue weighted by molar-refractivity contribution is -0.132. The van der Waals surface area contributed by atoms with Crippen LogP contribution in [0.15, 0.2) is 60.7 Å². The maximum absolute atomic E-state index is 12.8. The van der Waals surface area contributed by atoms with Gasteiger partial charge in [-0.15, -0.1) is 0 Å². The first-order valence-corrected chi connectivity index (χ1v) is 9.43. The summed E-state index contributed by atoms with van der Waals surface area (Å²) in [4.78, 5) is 25.7. The van der Waals surface area contributed by atoms with Gasteiger partial charge in [-0.2, -0.15) is 0 Å². The van der Waals surface area contributed by atoms with Gasteiger partial charge in [0.15, 0.2) is 11.6 Å². The Morgan fingerprint density at radius 2 is 0.917 bits per heavy atom. The lowest BCUT2D eigenvalue weighted by Gasteiger charge is -2.58. The molecule has 4 aliphatic rings. The third-order valence-electron chi connectivity index (χ3n) is 5.64. The van der Waals surface area contributed by atoms with Crippen molar-refractivity contribution in [3.05, 3.63) is 82.9 Å². The number of hydrogen-bond donors (Lipinski definition) is 0. The molecule has 2 unspecified atom stereocenters. The molecule has 0 N–H and O–H groups in total. The van der Waals surface area contributed by atoms with E-state index in [4.69, 9.17) is 0 Å². The molecule has 0 amide bonds. The minimum absolute atomic E-state index is 0.00399. The molecule has 0 saturated carbocycles. The number of benzene rings is 2. The van der Waals surface area contributed by atoms with Crippen LogP contribution in [0.2, 0.25) is 0 Å². The molecule has 2 nitrogen and oxygen atoms in total. The van der Waals surface area contributed by atoms with E-state index in [-0.39, 0.29) is 11.6 Å². The summed E-state index contributed by atoms with van der Waals surface area (Å²) < 4.78 is -1.34. The Bertz CT molecular complexity index is 836. The third kappa shape index (κ3) is 1.44. The molecule has 24 heavy (non-hydrogen) atoms. The number of allylic oxidation sites excluding steroid dienone is 2. The average molecular weight is 444 g/mol. The number of ketones is 2. The van der Waals surface area contributed by atoms with Gasteiger partial charge in [-0.3, -0.25) is 9.59 Å². The molecule has 0 saturated heterocycles. The van der Waals surface area contributed by atoms with Gasteiger partial charge >= 0.3 is 0 Å². The summed E-state index contributed by atoms with van der Waals surface area (Å²) >= 11 is 7.87.